The van der Waals surface area contributed by atoms with Gasteiger partial charge in [0.25, 0.3) is 0 Å². The van der Waals surface area contributed by atoms with Crippen molar-refractivity contribution in [2.24, 2.45) is 0 Å². The Morgan fingerprint density at radius 1 is 1.35 bits per heavy atom. The van der Waals surface area contributed by atoms with Crippen molar-refractivity contribution >= 4 is 29.3 Å². The summed E-state index contributed by atoms with van der Waals surface area (Å²) in [6.07, 6.45) is 0. The minimum Gasteiger partial charge on any atom is -0.497 e. The SMILES string of the molecule is COCCSCC(=O)Nc1cc(OC)ccc1C(=O)O. The number of ether oxygens (including phenoxy) is 2. The molecule has 2 N–H and O–H groups in total. The highest BCUT2D eigenvalue weighted by Crippen LogP contribution is 2.22. The third kappa shape index (κ3) is 5.10. The number of methoxy groups -OCH3 is 2. The maximum absolute atomic E-state index is 11.7. The number of carbonyl (C=O) groups excluding carboxylic acids is 1. The molecule has 0 saturated heterocycles. The minimum atomic E-state index is -1.10. The van der Waals surface area contributed by atoms with Crippen molar-refractivity contribution in [1.29, 1.82) is 0 Å². The van der Waals surface area contributed by atoms with Crippen LogP contribution in [0, 0.1) is 0 Å². The highest BCUT2D eigenvalue weighted by molar-refractivity contribution is 7.99. The molecule has 110 valence electrons. The largest absolute Gasteiger partial charge is 0.497 e. The number of aromatic carboxylic acids is 1. The summed E-state index contributed by atoms with van der Waals surface area (Å²) in [4.78, 5) is 22.8. The lowest BCUT2D eigenvalue weighted by atomic mass is 10.1. The molecule has 1 aromatic carbocycles. The second kappa shape index (κ2) is 8.44. The zero-order chi connectivity index (χ0) is 15.0. The van der Waals surface area contributed by atoms with Gasteiger partial charge in [-0.1, -0.05) is 0 Å². The van der Waals surface area contributed by atoms with E-state index in [1.54, 1.807) is 7.11 Å². The van der Waals surface area contributed by atoms with E-state index in [1.165, 1.54) is 37.1 Å². The summed E-state index contributed by atoms with van der Waals surface area (Å²) >= 11 is 1.41. The third-order valence-electron chi connectivity index (χ3n) is 2.40. The molecule has 0 bridgehead atoms. The van der Waals surface area contributed by atoms with Gasteiger partial charge in [-0.3, -0.25) is 4.79 Å². The molecule has 0 spiro atoms. The van der Waals surface area contributed by atoms with Crippen molar-refractivity contribution in [2.75, 3.05) is 37.6 Å². The molecule has 0 aliphatic carbocycles. The fraction of sp³-hybridized carbons (Fsp3) is 0.385. The fourth-order valence-electron chi connectivity index (χ4n) is 1.43. The van der Waals surface area contributed by atoms with E-state index < -0.39 is 5.97 Å². The van der Waals surface area contributed by atoms with Gasteiger partial charge in [0.1, 0.15) is 5.75 Å². The van der Waals surface area contributed by atoms with Gasteiger partial charge < -0.3 is 19.9 Å². The van der Waals surface area contributed by atoms with Crippen LogP contribution in [0.2, 0.25) is 0 Å². The Hall–Kier alpha value is -1.73. The average Bonchev–Trinajstić information content (AvgIpc) is 2.43. The first-order valence-corrected chi connectivity index (χ1v) is 7.01. The lowest BCUT2D eigenvalue weighted by Gasteiger charge is -2.10. The molecule has 0 aromatic heterocycles. The highest BCUT2D eigenvalue weighted by Gasteiger charge is 2.13. The van der Waals surface area contributed by atoms with Gasteiger partial charge in [-0.05, 0) is 12.1 Å². The second-order valence-corrected chi connectivity index (χ2v) is 4.92. The van der Waals surface area contributed by atoms with Crippen molar-refractivity contribution in [1.82, 2.24) is 0 Å². The molecular formula is C13H17NO5S. The Balaban J connectivity index is 2.69. The minimum absolute atomic E-state index is 0.0287. The molecule has 0 heterocycles. The van der Waals surface area contributed by atoms with Gasteiger partial charge in [0.15, 0.2) is 0 Å². The number of rotatable bonds is 8. The molecule has 0 atom stereocenters. The molecule has 1 rings (SSSR count). The average molecular weight is 299 g/mol. The zero-order valence-electron chi connectivity index (χ0n) is 11.3. The normalized spacial score (nSPS) is 10.1. The number of thioether (sulfide) groups is 1. The van der Waals surface area contributed by atoms with Crippen LogP contribution in [0.15, 0.2) is 18.2 Å². The summed E-state index contributed by atoms with van der Waals surface area (Å²) in [6, 6.07) is 4.42. The first kappa shape index (κ1) is 16.3. The highest BCUT2D eigenvalue weighted by atomic mass is 32.2. The summed E-state index contributed by atoms with van der Waals surface area (Å²) in [5.41, 5.74) is 0.259. The maximum Gasteiger partial charge on any atom is 0.337 e. The van der Waals surface area contributed by atoms with E-state index in [4.69, 9.17) is 14.6 Å². The molecule has 0 radical (unpaired) electrons. The van der Waals surface area contributed by atoms with Crippen LogP contribution in [-0.4, -0.2) is 49.3 Å². The Morgan fingerprint density at radius 3 is 2.70 bits per heavy atom. The van der Waals surface area contributed by atoms with Crippen molar-refractivity contribution < 1.29 is 24.2 Å². The van der Waals surface area contributed by atoms with E-state index >= 15 is 0 Å². The maximum atomic E-state index is 11.7. The smallest absolute Gasteiger partial charge is 0.337 e. The van der Waals surface area contributed by atoms with Crippen LogP contribution in [0.3, 0.4) is 0 Å². The molecule has 0 unspecified atom stereocenters. The predicted octanol–water partition coefficient (Wildman–Crippen LogP) is 1.71. The predicted molar refractivity (Wildman–Crippen MR) is 77.8 cm³/mol. The lowest BCUT2D eigenvalue weighted by molar-refractivity contribution is -0.113. The number of anilines is 1. The van der Waals surface area contributed by atoms with Crippen LogP contribution in [0.25, 0.3) is 0 Å². The summed E-state index contributed by atoms with van der Waals surface area (Å²) in [5.74, 6) is 0.0576. The molecule has 7 heteroatoms. The monoisotopic (exact) mass is 299 g/mol. The van der Waals surface area contributed by atoms with Gasteiger partial charge in [-0.15, -0.1) is 11.8 Å². The van der Waals surface area contributed by atoms with E-state index in [9.17, 15) is 9.59 Å². The third-order valence-corrected chi connectivity index (χ3v) is 3.32. The van der Waals surface area contributed by atoms with E-state index in [0.717, 1.165) is 0 Å². The van der Waals surface area contributed by atoms with Gasteiger partial charge in [0.2, 0.25) is 5.91 Å². The van der Waals surface area contributed by atoms with Gasteiger partial charge >= 0.3 is 5.97 Å². The Labute approximate surface area is 121 Å². The lowest BCUT2D eigenvalue weighted by Crippen LogP contribution is -2.17. The summed E-state index contributed by atoms with van der Waals surface area (Å²) in [7, 11) is 3.07. The molecule has 0 aliphatic rings. The molecule has 0 saturated carbocycles. The van der Waals surface area contributed by atoms with E-state index in [1.807, 2.05) is 0 Å². The molecule has 1 aromatic rings. The van der Waals surface area contributed by atoms with Crippen LogP contribution in [0.4, 0.5) is 5.69 Å². The first-order chi connectivity index (χ1) is 9.58. The van der Waals surface area contributed by atoms with Crippen molar-refractivity contribution in [3.05, 3.63) is 23.8 Å². The Kier molecular flexibility index (Phi) is 6.89. The van der Waals surface area contributed by atoms with Crippen LogP contribution in [0.5, 0.6) is 5.75 Å². The van der Waals surface area contributed by atoms with Crippen LogP contribution in [0.1, 0.15) is 10.4 Å². The number of benzene rings is 1. The van der Waals surface area contributed by atoms with Gasteiger partial charge in [-0.25, -0.2) is 4.79 Å². The van der Waals surface area contributed by atoms with Crippen LogP contribution in [-0.2, 0) is 9.53 Å². The number of carboxylic acids is 1. The zero-order valence-corrected chi connectivity index (χ0v) is 12.2. The number of carboxylic acid groups (broad SMARTS) is 1. The molecule has 0 fully saturated rings. The summed E-state index contributed by atoms with van der Waals surface area (Å²) < 4.78 is 9.89. The number of carbonyl (C=O) groups is 2. The van der Waals surface area contributed by atoms with Crippen LogP contribution < -0.4 is 10.1 Å². The molecular weight excluding hydrogens is 282 g/mol. The van der Waals surface area contributed by atoms with Crippen molar-refractivity contribution in [2.45, 2.75) is 0 Å². The van der Waals surface area contributed by atoms with E-state index in [0.29, 0.717) is 18.1 Å². The standard InChI is InChI=1S/C13H17NO5S/c1-18-5-6-20-8-12(15)14-11-7-9(19-2)3-4-10(11)13(16)17/h3-4,7H,5-6,8H2,1-2H3,(H,14,15)(H,16,17). The number of hydrogen-bond acceptors (Lipinski definition) is 5. The van der Waals surface area contributed by atoms with Gasteiger partial charge in [-0.2, -0.15) is 0 Å². The number of amides is 1. The summed E-state index contributed by atoms with van der Waals surface area (Å²) in [6.45, 7) is 0.567. The Bertz CT molecular complexity index is 478. The van der Waals surface area contributed by atoms with Crippen LogP contribution >= 0.6 is 11.8 Å². The van der Waals surface area contributed by atoms with E-state index in [2.05, 4.69) is 5.32 Å². The van der Waals surface area contributed by atoms with E-state index in [-0.39, 0.29) is 22.9 Å². The van der Waals surface area contributed by atoms with Gasteiger partial charge in [0, 0.05) is 18.9 Å². The summed E-state index contributed by atoms with van der Waals surface area (Å²) in [5, 5.41) is 11.7. The van der Waals surface area contributed by atoms with Crippen molar-refractivity contribution in [3.63, 3.8) is 0 Å². The first-order valence-electron chi connectivity index (χ1n) is 5.86. The second-order valence-electron chi connectivity index (χ2n) is 3.81. The molecule has 6 nitrogen and oxygen atoms in total. The van der Waals surface area contributed by atoms with Gasteiger partial charge in [0.05, 0.1) is 30.7 Å². The molecule has 1 amide bonds. The number of nitrogens with one attached hydrogen (secondary N) is 1. The Morgan fingerprint density at radius 2 is 2.10 bits per heavy atom. The molecule has 0 aliphatic heterocycles. The quantitative estimate of drug-likeness (QED) is 0.711. The molecule has 20 heavy (non-hydrogen) atoms. The number of hydrogen-bond donors (Lipinski definition) is 2. The fourth-order valence-corrected chi connectivity index (χ4v) is 2.12. The van der Waals surface area contributed by atoms with Crippen molar-refractivity contribution in [3.8, 4) is 5.75 Å². The topological polar surface area (TPSA) is 84.9 Å².